The molecule has 0 bridgehead atoms. The number of aryl methyl sites for hydroxylation is 2. The Morgan fingerprint density at radius 1 is 1.16 bits per heavy atom. The zero-order chi connectivity index (χ0) is 21.3. The Morgan fingerprint density at radius 2 is 2.00 bits per heavy atom. The minimum Gasteiger partial charge on any atom is -0.348 e. The van der Waals surface area contributed by atoms with Crippen molar-refractivity contribution in [3.63, 3.8) is 0 Å². The van der Waals surface area contributed by atoms with E-state index >= 15 is 0 Å². The van der Waals surface area contributed by atoms with Crippen molar-refractivity contribution < 1.29 is 9.59 Å². The van der Waals surface area contributed by atoms with Crippen LogP contribution in [0.15, 0.2) is 30.3 Å². The molecule has 1 N–H and O–H groups in total. The number of nitrogens with one attached hydrogen (secondary N) is 1. The number of amides is 1. The monoisotopic (exact) mass is 408 g/mol. The standard InChI is InChI=1S/C25H20N4O2/c1-28-22-15(8-6-10-18(22)30)20-21-16(13-27-25(21)31)19-14-7-2-3-9-17(14)29(12-5-4-11-26)24(19)23(20)28/h2-3,6-9H,4-5,10,12-13H2,1H3,(H,27,31). The zero-order valence-electron chi connectivity index (χ0n) is 17.2. The molecule has 6 heteroatoms. The summed E-state index contributed by atoms with van der Waals surface area (Å²) in [6.07, 6.45) is 5.46. The van der Waals surface area contributed by atoms with Gasteiger partial charge in [-0.3, -0.25) is 9.59 Å². The van der Waals surface area contributed by atoms with Gasteiger partial charge in [0.05, 0.1) is 28.4 Å². The molecular formula is C25H20N4O2. The van der Waals surface area contributed by atoms with Crippen LogP contribution in [0.4, 0.5) is 0 Å². The number of rotatable bonds is 3. The van der Waals surface area contributed by atoms with Crippen LogP contribution in [-0.4, -0.2) is 20.8 Å². The maximum absolute atomic E-state index is 13.0. The van der Waals surface area contributed by atoms with Crippen LogP contribution < -0.4 is 5.32 Å². The van der Waals surface area contributed by atoms with E-state index in [-0.39, 0.29) is 11.7 Å². The summed E-state index contributed by atoms with van der Waals surface area (Å²) in [6.45, 7) is 1.18. The van der Waals surface area contributed by atoms with Crippen molar-refractivity contribution in [1.82, 2.24) is 14.5 Å². The molecule has 2 aromatic carbocycles. The minimum absolute atomic E-state index is 0.0728. The van der Waals surface area contributed by atoms with E-state index in [2.05, 4.69) is 28.1 Å². The minimum atomic E-state index is -0.0805. The van der Waals surface area contributed by atoms with Gasteiger partial charge < -0.3 is 14.5 Å². The second-order valence-electron chi connectivity index (χ2n) is 8.26. The normalized spacial score (nSPS) is 15.0. The second-order valence-corrected chi connectivity index (χ2v) is 8.26. The van der Waals surface area contributed by atoms with Crippen molar-refractivity contribution in [1.29, 1.82) is 5.26 Å². The predicted octanol–water partition coefficient (Wildman–Crippen LogP) is 4.43. The number of nitriles is 1. The Kier molecular flexibility index (Phi) is 3.66. The van der Waals surface area contributed by atoms with Gasteiger partial charge in [0.2, 0.25) is 0 Å². The number of benzene rings is 2. The number of carbonyl (C=O) groups is 2. The molecule has 1 amide bonds. The van der Waals surface area contributed by atoms with Gasteiger partial charge in [0.15, 0.2) is 5.78 Å². The van der Waals surface area contributed by atoms with Gasteiger partial charge in [-0.25, -0.2) is 0 Å². The van der Waals surface area contributed by atoms with E-state index in [4.69, 9.17) is 5.26 Å². The first kappa shape index (κ1) is 18.0. The van der Waals surface area contributed by atoms with E-state index in [9.17, 15) is 9.59 Å². The topological polar surface area (TPSA) is 79.8 Å². The molecule has 3 heterocycles. The fourth-order valence-corrected chi connectivity index (χ4v) is 5.48. The zero-order valence-corrected chi connectivity index (χ0v) is 17.2. The molecule has 0 atom stereocenters. The van der Waals surface area contributed by atoms with Crippen molar-refractivity contribution in [3.05, 3.63) is 52.7 Å². The third-order valence-electron chi connectivity index (χ3n) is 6.66. The van der Waals surface area contributed by atoms with Crippen molar-refractivity contribution in [3.8, 4) is 6.07 Å². The average molecular weight is 408 g/mol. The second kappa shape index (κ2) is 6.32. The molecule has 4 aromatic rings. The van der Waals surface area contributed by atoms with Gasteiger partial charge in [0.25, 0.3) is 5.91 Å². The fraction of sp³-hybridized carbons (Fsp3) is 0.240. The Hall–Kier alpha value is -3.85. The van der Waals surface area contributed by atoms with Crippen molar-refractivity contribution in [2.75, 3.05) is 0 Å². The SMILES string of the molecule is Cn1c2c(c3c4c(c5c6ccccc6n(CCCC#N)c5c31)CNC4=O)C=CCC2=O. The Balaban J connectivity index is 1.89. The molecule has 0 fully saturated rings. The summed E-state index contributed by atoms with van der Waals surface area (Å²) >= 11 is 0. The summed E-state index contributed by atoms with van der Waals surface area (Å²) in [5.74, 6) is -0.00770. The van der Waals surface area contributed by atoms with Crippen LogP contribution in [0.5, 0.6) is 0 Å². The Bertz CT molecular complexity index is 1540. The first-order valence-corrected chi connectivity index (χ1v) is 10.6. The summed E-state index contributed by atoms with van der Waals surface area (Å²) in [6, 6.07) is 10.5. The number of carbonyl (C=O) groups excluding carboxylic acids is 2. The summed E-state index contributed by atoms with van der Waals surface area (Å²) in [4.78, 5) is 25.8. The van der Waals surface area contributed by atoms with Crippen LogP contribution in [0.2, 0.25) is 0 Å². The van der Waals surface area contributed by atoms with Crippen LogP contribution in [0.1, 0.15) is 51.2 Å². The molecule has 0 unspecified atom stereocenters. The van der Waals surface area contributed by atoms with Gasteiger partial charge in [-0.15, -0.1) is 0 Å². The number of para-hydroxylation sites is 1. The summed E-state index contributed by atoms with van der Waals surface area (Å²) in [5, 5.41) is 15.1. The van der Waals surface area contributed by atoms with Gasteiger partial charge in [-0.1, -0.05) is 30.4 Å². The largest absolute Gasteiger partial charge is 0.348 e. The number of nitrogens with zero attached hydrogens (tertiary/aromatic N) is 3. The van der Waals surface area contributed by atoms with Crippen LogP contribution in [0.3, 0.4) is 0 Å². The van der Waals surface area contributed by atoms with Crippen molar-refractivity contribution in [2.24, 2.45) is 7.05 Å². The Labute approximate surface area is 178 Å². The molecule has 31 heavy (non-hydrogen) atoms. The van der Waals surface area contributed by atoms with E-state index in [0.717, 1.165) is 50.3 Å². The lowest BCUT2D eigenvalue weighted by Gasteiger charge is -2.11. The lowest BCUT2D eigenvalue weighted by atomic mass is 9.94. The lowest BCUT2D eigenvalue weighted by molar-refractivity contribution is 0.0963. The molecule has 6 rings (SSSR count). The van der Waals surface area contributed by atoms with Gasteiger partial charge in [0.1, 0.15) is 0 Å². The van der Waals surface area contributed by atoms with E-state index in [0.29, 0.717) is 37.2 Å². The van der Waals surface area contributed by atoms with Crippen LogP contribution >= 0.6 is 0 Å². The molecule has 0 spiro atoms. The highest BCUT2D eigenvalue weighted by molar-refractivity contribution is 6.28. The number of aromatic nitrogens is 2. The highest BCUT2D eigenvalue weighted by Gasteiger charge is 2.34. The fourth-order valence-electron chi connectivity index (χ4n) is 5.48. The molecule has 0 radical (unpaired) electrons. The summed E-state index contributed by atoms with van der Waals surface area (Å²) < 4.78 is 4.25. The third-order valence-corrected chi connectivity index (χ3v) is 6.66. The number of ketones is 1. The average Bonchev–Trinajstić information content (AvgIpc) is 3.40. The van der Waals surface area contributed by atoms with Crippen molar-refractivity contribution in [2.45, 2.75) is 32.4 Å². The highest BCUT2D eigenvalue weighted by atomic mass is 16.2. The predicted molar refractivity (Wildman–Crippen MR) is 120 cm³/mol. The smallest absolute Gasteiger partial charge is 0.252 e. The maximum atomic E-state index is 13.0. The highest BCUT2D eigenvalue weighted by Crippen LogP contribution is 2.45. The summed E-state index contributed by atoms with van der Waals surface area (Å²) in [5.41, 5.74) is 6.26. The van der Waals surface area contributed by atoms with Crippen LogP contribution in [0, 0.1) is 11.3 Å². The maximum Gasteiger partial charge on any atom is 0.252 e. The molecule has 152 valence electrons. The van der Waals surface area contributed by atoms with Gasteiger partial charge >= 0.3 is 0 Å². The molecule has 0 saturated heterocycles. The number of hydrogen-bond acceptors (Lipinski definition) is 3. The van der Waals surface area contributed by atoms with Crippen molar-refractivity contribution >= 4 is 50.5 Å². The van der Waals surface area contributed by atoms with Crippen LogP contribution in [0.25, 0.3) is 38.8 Å². The first-order chi connectivity index (χ1) is 15.1. The molecular weight excluding hydrogens is 388 g/mol. The number of unbranched alkanes of at least 4 members (excludes halogenated alkanes) is 1. The molecule has 2 aromatic heterocycles. The Morgan fingerprint density at radius 3 is 2.84 bits per heavy atom. The van der Waals surface area contributed by atoms with Crippen LogP contribution in [-0.2, 0) is 20.1 Å². The van der Waals surface area contributed by atoms with Gasteiger partial charge in [0, 0.05) is 60.2 Å². The van der Waals surface area contributed by atoms with Gasteiger partial charge in [-0.2, -0.15) is 5.26 Å². The first-order valence-electron chi connectivity index (χ1n) is 10.6. The molecule has 2 aliphatic rings. The molecule has 6 nitrogen and oxygen atoms in total. The molecule has 1 aliphatic heterocycles. The molecule has 1 aliphatic carbocycles. The van der Waals surface area contributed by atoms with E-state index in [1.165, 1.54) is 0 Å². The number of allylic oxidation sites excluding steroid dienone is 1. The quantitative estimate of drug-likeness (QED) is 0.509. The van der Waals surface area contributed by atoms with Gasteiger partial charge in [-0.05, 0) is 18.1 Å². The van der Waals surface area contributed by atoms with E-state index in [1.54, 1.807) is 0 Å². The lowest BCUT2D eigenvalue weighted by Crippen LogP contribution is -2.12. The molecule has 0 saturated carbocycles. The van der Waals surface area contributed by atoms with E-state index in [1.807, 2.05) is 35.9 Å². The number of hydrogen-bond donors (Lipinski definition) is 1. The summed E-state index contributed by atoms with van der Waals surface area (Å²) in [7, 11) is 1.92. The van der Waals surface area contributed by atoms with E-state index < -0.39 is 0 Å². The third kappa shape index (κ3) is 2.21. The number of fused-ring (bicyclic) bond motifs is 10. The number of Topliss-reactive ketones (excluding diaryl/α,β-unsaturated/α-hetero) is 1.